The molecule has 3 aliphatic rings. The Balaban J connectivity index is 1.52. The highest BCUT2D eigenvalue weighted by atomic mass is 35.5. The molecule has 1 amide bonds. The molecule has 2 unspecified atom stereocenters. The second-order valence-electron chi connectivity index (χ2n) is 8.01. The topological polar surface area (TPSA) is 100 Å². The monoisotopic (exact) mass is 412 g/mol. The third kappa shape index (κ3) is 3.31. The molecular formula is C22H25ClN4O2. The fourth-order valence-corrected chi connectivity index (χ4v) is 5.09. The van der Waals surface area contributed by atoms with Crippen LogP contribution in [0, 0.1) is 10.8 Å². The molecule has 0 aromatic heterocycles. The van der Waals surface area contributed by atoms with Crippen molar-refractivity contribution in [3.63, 3.8) is 0 Å². The first-order valence-electron chi connectivity index (χ1n) is 9.67. The van der Waals surface area contributed by atoms with Crippen LogP contribution in [0.3, 0.4) is 0 Å². The van der Waals surface area contributed by atoms with Gasteiger partial charge in [-0.2, -0.15) is 0 Å². The van der Waals surface area contributed by atoms with E-state index < -0.39 is 5.91 Å². The van der Waals surface area contributed by atoms with E-state index in [1.165, 1.54) is 11.6 Å². The summed E-state index contributed by atoms with van der Waals surface area (Å²) >= 11 is 6.42. The van der Waals surface area contributed by atoms with Crippen LogP contribution in [0.25, 0.3) is 0 Å². The molecule has 2 atom stereocenters. The van der Waals surface area contributed by atoms with Crippen LogP contribution in [0.5, 0.6) is 0 Å². The fourth-order valence-electron chi connectivity index (χ4n) is 4.82. The quantitative estimate of drug-likeness (QED) is 0.540. The Morgan fingerprint density at radius 2 is 2.14 bits per heavy atom. The summed E-state index contributed by atoms with van der Waals surface area (Å²) in [4.78, 5) is 11.5. The largest absolute Gasteiger partial charge is 0.384 e. The Bertz CT molecular complexity index is 946. The number of piperidine rings is 1. The maximum Gasteiger partial charge on any atom is 0.250 e. The lowest BCUT2D eigenvalue weighted by Crippen LogP contribution is -2.40. The van der Waals surface area contributed by atoms with Gasteiger partial charge in [0.15, 0.2) is 0 Å². The maximum atomic E-state index is 11.5. The number of ether oxygens (including phenoxy) is 1. The molecule has 152 valence electrons. The molecule has 1 aromatic rings. The first-order valence-corrected chi connectivity index (χ1v) is 10.0. The molecular weight excluding hydrogens is 388 g/mol. The molecule has 29 heavy (non-hydrogen) atoms. The van der Waals surface area contributed by atoms with E-state index >= 15 is 0 Å². The van der Waals surface area contributed by atoms with E-state index in [2.05, 4.69) is 22.8 Å². The van der Waals surface area contributed by atoms with Crippen LogP contribution in [0.2, 0.25) is 0 Å². The molecule has 2 fully saturated rings. The van der Waals surface area contributed by atoms with Gasteiger partial charge in [-0.1, -0.05) is 29.8 Å². The van der Waals surface area contributed by atoms with Crippen LogP contribution in [0.15, 0.2) is 58.8 Å². The van der Waals surface area contributed by atoms with Crippen molar-refractivity contribution in [1.29, 1.82) is 5.41 Å². The van der Waals surface area contributed by atoms with Crippen LogP contribution in [-0.4, -0.2) is 38.4 Å². The van der Waals surface area contributed by atoms with E-state index in [-0.39, 0.29) is 27.3 Å². The highest BCUT2D eigenvalue weighted by Gasteiger charge is 2.68. The zero-order valence-electron chi connectivity index (χ0n) is 16.3. The first kappa shape index (κ1) is 19.9. The van der Waals surface area contributed by atoms with Crippen molar-refractivity contribution in [3.8, 4) is 0 Å². The number of carbonyl (C=O) groups excluding carboxylic acids is 1. The minimum atomic E-state index is -0.643. The summed E-state index contributed by atoms with van der Waals surface area (Å²) in [7, 11) is 1.77. The normalized spacial score (nSPS) is 29.7. The SMILES string of the molecule is COCC12CNCCC1(c1ccc(N/C(Cl)=C3/C=CC=C(C(N)=O)C3=N)cc1)C2. The average molecular weight is 413 g/mol. The molecule has 1 saturated heterocycles. The van der Waals surface area contributed by atoms with Crippen molar-refractivity contribution in [2.75, 3.05) is 32.1 Å². The van der Waals surface area contributed by atoms with Gasteiger partial charge >= 0.3 is 0 Å². The van der Waals surface area contributed by atoms with Crippen molar-refractivity contribution >= 4 is 28.9 Å². The number of carbonyl (C=O) groups is 1. The number of benzene rings is 1. The Hall–Kier alpha value is -2.41. The van der Waals surface area contributed by atoms with Gasteiger partial charge < -0.3 is 21.1 Å². The van der Waals surface area contributed by atoms with E-state index in [9.17, 15) is 4.79 Å². The smallest absolute Gasteiger partial charge is 0.250 e. The minimum Gasteiger partial charge on any atom is -0.384 e. The zero-order chi connectivity index (χ0) is 20.6. The number of anilines is 1. The molecule has 7 heteroatoms. The number of hydrogen-bond acceptors (Lipinski definition) is 5. The lowest BCUT2D eigenvalue weighted by molar-refractivity contribution is -0.114. The number of amides is 1. The Kier molecular flexibility index (Phi) is 5.11. The first-order chi connectivity index (χ1) is 13.9. The summed E-state index contributed by atoms with van der Waals surface area (Å²) < 4.78 is 5.51. The number of nitrogens with two attached hydrogens (primary N) is 1. The fraction of sp³-hybridized carbons (Fsp3) is 0.364. The summed E-state index contributed by atoms with van der Waals surface area (Å²) in [5, 5.41) is 15.1. The second-order valence-corrected chi connectivity index (χ2v) is 8.39. The number of nitrogens with one attached hydrogen (secondary N) is 3. The Morgan fingerprint density at radius 3 is 2.83 bits per heavy atom. The molecule has 1 heterocycles. The van der Waals surface area contributed by atoms with E-state index in [1.54, 1.807) is 19.3 Å². The average Bonchev–Trinajstić information content (AvgIpc) is 3.38. The van der Waals surface area contributed by atoms with Crippen LogP contribution >= 0.6 is 11.6 Å². The summed E-state index contributed by atoms with van der Waals surface area (Å²) in [5.74, 6) is -0.643. The van der Waals surface area contributed by atoms with Gasteiger partial charge in [-0.05, 0) is 49.2 Å². The summed E-state index contributed by atoms with van der Waals surface area (Å²) in [6.45, 7) is 2.78. The van der Waals surface area contributed by atoms with E-state index in [1.807, 2.05) is 12.1 Å². The standard InChI is InChI=1S/C22H25ClN4O2/c1-29-13-21-11-22(21,9-10-26-12-21)14-5-7-15(8-6-14)27-19(23)16-3-2-4-17(18(16)24)20(25)28/h2-8,24,26-27H,9-13H2,1H3,(H2,25,28)/b19-16-,24-18?. The minimum absolute atomic E-state index is 0.0186. The van der Waals surface area contributed by atoms with Gasteiger partial charge in [0, 0.05) is 35.7 Å². The van der Waals surface area contributed by atoms with E-state index in [0.717, 1.165) is 38.2 Å². The van der Waals surface area contributed by atoms with Crippen LogP contribution in [0.4, 0.5) is 5.69 Å². The third-order valence-corrected chi connectivity index (χ3v) is 6.70. The predicted octanol–water partition coefficient (Wildman–Crippen LogP) is 2.82. The third-order valence-electron chi connectivity index (χ3n) is 6.40. The number of rotatable bonds is 6. The zero-order valence-corrected chi connectivity index (χ0v) is 17.1. The molecule has 6 nitrogen and oxygen atoms in total. The number of allylic oxidation sites excluding steroid dienone is 4. The van der Waals surface area contributed by atoms with Crippen molar-refractivity contribution in [2.24, 2.45) is 11.1 Å². The molecule has 0 spiro atoms. The molecule has 1 saturated carbocycles. The van der Waals surface area contributed by atoms with Crippen LogP contribution in [0.1, 0.15) is 18.4 Å². The summed E-state index contributed by atoms with van der Waals surface area (Å²) in [6.07, 6.45) is 7.13. The molecule has 0 radical (unpaired) electrons. The van der Waals surface area contributed by atoms with Gasteiger partial charge in [-0.15, -0.1) is 0 Å². The maximum absolute atomic E-state index is 11.5. The molecule has 2 aliphatic carbocycles. The van der Waals surface area contributed by atoms with Gasteiger partial charge in [0.2, 0.25) is 0 Å². The lowest BCUT2D eigenvalue weighted by Gasteiger charge is -2.31. The number of hydrogen-bond donors (Lipinski definition) is 4. The van der Waals surface area contributed by atoms with Crippen molar-refractivity contribution < 1.29 is 9.53 Å². The number of fused-ring (bicyclic) bond motifs is 1. The van der Waals surface area contributed by atoms with Gasteiger partial charge in [0.05, 0.1) is 17.9 Å². The summed E-state index contributed by atoms with van der Waals surface area (Å²) in [5.41, 5.74) is 8.45. The Morgan fingerprint density at radius 1 is 1.38 bits per heavy atom. The molecule has 4 rings (SSSR count). The van der Waals surface area contributed by atoms with Crippen molar-refractivity contribution in [3.05, 3.63) is 64.4 Å². The Labute approximate surface area is 175 Å². The molecule has 1 aromatic carbocycles. The summed E-state index contributed by atoms with van der Waals surface area (Å²) in [6, 6.07) is 8.31. The van der Waals surface area contributed by atoms with Gasteiger partial charge in [-0.3, -0.25) is 10.2 Å². The van der Waals surface area contributed by atoms with Crippen LogP contribution < -0.4 is 16.4 Å². The lowest BCUT2D eigenvalue weighted by atomic mass is 9.81. The molecule has 1 aliphatic heterocycles. The van der Waals surface area contributed by atoms with Crippen molar-refractivity contribution in [2.45, 2.75) is 18.3 Å². The number of methoxy groups -OCH3 is 1. The van der Waals surface area contributed by atoms with Crippen LogP contribution in [-0.2, 0) is 14.9 Å². The molecule has 0 bridgehead atoms. The van der Waals surface area contributed by atoms with Gasteiger partial charge in [-0.25, -0.2) is 0 Å². The highest BCUT2D eigenvalue weighted by molar-refractivity contribution is 6.37. The second kappa shape index (κ2) is 7.44. The van der Waals surface area contributed by atoms with E-state index in [4.69, 9.17) is 27.5 Å². The number of primary amides is 1. The van der Waals surface area contributed by atoms with Gasteiger partial charge in [0.25, 0.3) is 5.91 Å². The van der Waals surface area contributed by atoms with Gasteiger partial charge in [0.1, 0.15) is 5.16 Å². The molecule has 5 N–H and O–H groups in total. The predicted molar refractivity (Wildman–Crippen MR) is 115 cm³/mol. The van der Waals surface area contributed by atoms with E-state index in [0.29, 0.717) is 5.57 Å². The van der Waals surface area contributed by atoms with Crippen molar-refractivity contribution in [1.82, 2.24) is 5.32 Å². The highest BCUT2D eigenvalue weighted by Crippen LogP contribution is 2.67. The number of halogens is 1.